The number of carboxylic acids is 1. The summed E-state index contributed by atoms with van der Waals surface area (Å²) < 4.78 is 13.2. The van der Waals surface area contributed by atoms with Crippen LogP contribution in [0.4, 0.5) is 4.39 Å². The maximum atomic E-state index is 13.2. The molecular formula is C12H14FNO3. The van der Waals surface area contributed by atoms with Gasteiger partial charge in [0.1, 0.15) is 11.9 Å². The number of nitrogens with one attached hydrogen (secondary N) is 1. The molecule has 0 aliphatic rings. The zero-order chi connectivity index (χ0) is 12.8. The molecule has 0 aromatic heterocycles. The number of carbonyl (C=O) groups is 2. The van der Waals surface area contributed by atoms with Crippen molar-refractivity contribution in [3.8, 4) is 0 Å². The van der Waals surface area contributed by atoms with Gasteiger partial charge in [-0.15, -0.1) is 0 Å². The summed E-state index contributed by atoms with van der Waals surface area (Å²) in [6.45, 7) is 1.65. The van der Waals surface area contributed by atoms with E-state index in [2.05, 4.69) is 5.32 Å². The van der Waals surface area contributed by atoms with E-state index >= 15 is 0 Å². The lowest BCUT2D eigenvalue weighted by Gasteiger charge is -2.12. The van der Waals surface area contributed by atoms with Crippen molar-refractivity contribution in [3.63, 3.8) is 0 Å². The fourth-order valence-electron chi connectivity index (χ4n) is 1.40. The van der Waals surface area contributed by atoms with Gasteiger partial charge in [-0.1, -0.05) is 25.1 Å². The van der Waals surface area contributed by atoms with Gasteiger partial charge in [0.25, 0.3) is 0 Å². The van der Waals surface area contributed by atoms with Crippen LogP contribution in [0.25, 0.3) is 0 Å². The minimum absolute atomic E-state index is 0.156. The van der Waals surface area contributed by atoms with Crippen molar-refractivity contribution in [3.05, 3.63) is 35.6 Å². The van der Waals surface area contributed by atoms with Crippen LogP contribution in [0, 0.1) is 5.82 Å². The molecular weight excluding hydrogens is 225 g/mol. The number of halogens is 1. The van der Waals surface area contributed by atoms with Crippen LogP contribution in [0.5, 0.6) is 0 Å². The van der Waals surface area contributed by atoms with E-state index in [1.54, 1.807) is 13.0 Å². The third kappa shape index (κ3) is 3.86. The van der Waals surface area contributed by atoms with Crippen LogP contribution in [0.2, 0.25) is 0 Å². The van der Waals surface area contributed by atoms with Crippen molar-refractivity contribution < 1.29 is 19.1 Å². The van der Waals surface area contributed by atoms with E-state index in [1.807, 2.05) is 0 Å². The van der Waals surface area contributed by atoms with Crippen LogP contribution in [-0.2, 0) is 16.0 Å². The topological polar surface area (TPSA) is 66.4 Å². The molecule has 0 aliphatic heterocycles. The molecule has 0 radical (unpaired) electrons. The molecule has 5 heteroatoms. The smallest absolute Gasteiger partial charge is 0.326 e. The van der Waals surface area contributed by atoms with E-state index in [0.717, 1.165) is 0 Å². The SMILES string of the molecule is CC[C@H](NC(=O)Cc1ccccc1F)C(=O)O. The summed E-state index contributed by atoms with van der Waals surface area (Å²) in [5.41, 5.74) is 0.255. The van der Waals surface area contributed by atoms with Gasteiger partial charge in [-0.25, -0.2) is 9.18 Å². The van der Waals surface area contributed by atoms with E-state index in [0.29, 0.717) is 6.42 Å². The monoisotopic (exact) mass is 239 g/mol. The number of hydrogen-bond donors (Lipinski definition) is 2. The van der Waals surface area contributed by atoms with Crippen LogP contribution in [0.15, 0.2) is 24.3 Å². The van der Waals surface area contributed by atoms with Crippen LogP contribution in [-0.4, -0.2) is 23.0 Å². The van der Waals surface area contributed by atoms with E-state index in [4.69, 9.17) is 5.11 Å². The van der Waals surface area contributed by atoms with Gasteiger partial charge < -0.3 is 10.4 Å². The Morgan fingerprint density at radius 2 is 2.06 bits per heavy atom. The first kappa shape index (κ1) is 13.2. The Morgan fingerprint density at radius 3 is 2.59 bits per heavy atom. The minimum Gasteiger partial charge on any atom is -0.480 e. The third-order valence-electron chi connectivity index (χ3n) is 2.35. The molecule has 0 aliphatic carbocycles. The van der Waals surface area contributed by atoms with Crippen LogP contribution in [0.1, 0.15) is 18.9 Å². The fourth-order valence-corrected chi connectivity index (χ4v) is 1.40. The normalized spacial score (nSPS) is 11.9. The van der Waals surface area contributed by atoms with E-state index in [-0.39, 0.29) is 12.0 Å². The first-order valence-electron chi connectivity index (χ1n) is 5.30. The van der Waals surface area contributed by atoms with Crippen LogP contribution in [0.3, 0.4) is 0 Å². The fraction of sp³-hybridized carbons (Fsp3) is 0.333. The second-order valence-electron chi connectivity index (χ2n) is 3.63. The van der Waals surface area contributed by atoms with Crippen molar-refractivity contribution in [2.45, 2.75) is 25.8 Å². The first-order valence-corrected chi connectivity index (χ1v) is 5.30. The molecule has 1 amide bonds. The summed E-state index contributed by atoms with van der Waals surface area (Å²) in [5.74, 6) is -2.05. The van der Waals surface area contributed by atoms with Crippen molar-refractivity contribution in [2.24, 2.45) is 0 Å². The number of amides is 1. The van der Waals surface area contributed by atoms with Gasteiger partial charge >= 0.3 is 5.97 Å². The Hall–Kier alpha value is -1.91. The number of rotatable bonds is 5. The Morgan fingerprint density at radius 1 is 1.41 bits per heavy atom. The largest absolute Gasteiger partial charge is 0.480 e. The Kier molecular flexibility index (Phi) is 4.63. The highest BCUT2D eigenvalue weighted by Crippen LogP contribution is 2.07. The number of carboxylic acid groups (broad SMARTS) is 1. The molecule has 2 N–H and O–H groups in total. The number of hydrogen-bond acceptors (Lipinski definition) is 2. The predicted molar refractivity (Wildman–Crippen MR) is 60.0 cm³/mol. The molecule has 0 heterocycles. The average Bonchev–Trinajstić information content (AvgIpc) is 2.28. The molecule has 0 spiro atoms. The minimum atomic E-state index is -1.09. The molecule has 1 aromatic carbocycles. The maximum absolute atomic E-state index is 13.2. The van der Waals surface area contributed by atoms with Crippen LogP contribution < -0.4 is 5.32 Å². The van der Waals surface area contributed by atoms with Gasteiger partial charge in [0.15, 0.2) is 0 Å². The highest BCUT2D eigenvalue weighted by atomic mass is 19.1. The highest BCUT2D eigenvalue weighted by molar-refractivity contribution is 5.84. The Bertz CT molecular complexity index is 420. The van der Waals surface area contributed by atoms with Gasteiger partial charge in [0.2, 0.25) is 5.91 Å². The van der Waals surface area contributed by atoms with Gasteiger partial charge in [-0.3, -0.25) is 4.79 Å². The van der Waals surface area contributed by atoms with Gasteiger partial charge in [-0.2, -0.15) is 0 Å². The molecule has 1 rings (SSSR count). The second-order valence-corrected chi connectivity index (χ2v) is 3.63. The van der Waals surface area contributed by atoms with Gasteiger partial charge in [0.05, 0.1) is 6.42 Å². The summed E-state index contributed by atoms with van der Waals surface area (Å²) >= 11 is 0. The molecule has 0 saturated heterocycles. The van der Waals surface area contributed by atoms with Gasteiger partial charge in [0, 0.05) is 0 Å². The molecule has 0 unspecified atom stereocenters. The predicted octanol–water partition coefficient (Wildman–Crippen LogP) is 1.35. The molecule has 0 saturated carbocycles. The molecule has 4 nitrogen and oxygen atoms in total. The number of aliphatic carboxylic acids is 1. The number of benzene rings is 1. The molecule has 1 atom stereocenters. The maximum Gasteiger partial charge on any atom is 0.326 e. The standard InChI is InChI=1S/C12H14FNO3/c1-2-10(12(16)17)14-11(15)7-8-5-3-4-6-9(8)13/h3-6,10H,2,7H2,1H3,(H,14,15)(H,16,17)/t10-/m0/s1. The molecule has 92 valence electrons. The zero-order valence-electron chi connectivity index (χ0n) is 9.44. The number of carbonyl (C=O) groups excluding carboxylic acids is 1. The summed E-state index contributed by atoms with van der Waals surface area (Å²) in [6.07, 6.45) is 0.134. The summed E-state index contributed by atoms with van der Waals surface area (Å²) in [6, 6.07) is 4.99. The Balaban J connectivity index is 2.61. The lowest BCUT2D eigenvalue weighted by molar-refractivity contribution is -0.141. The van der Waals surface area contributed by atoms with E-state index in [1.165, 1.54) is 18.2 Å². The third-order valence-corrected chi connectivity index (χ3v) is 2.35. The van der Waals surface area contributed by atoms with E-state index in [9.17, 15) is 14.0 Å². The van der Waals surface area contributed by atoms with Crippen molar-refractivity contribution >= 4 is 11.9 Å². The van der Waals surface area contributed by atoms with Crippen molar-refractivity contribution in [1.82, 2.24) is 5.32 Å². The molecule has 0 fully saturated rings. The second kappa shape index (κ2) is 5.98. The lowest BCUT2D eigenvalue weighted by Crippen LogP contribution is -2.41. The lowest BCUT2D eigenvalue weighted by atomic mass is 10.1. The summed E-state index contributed by atoms with van der Waals surface area (Å²) in [5, 5.41) is 11.1. The Labute approximate surface area is 98.5 Å². The highest BCUT2D eigenvalue weighted by Gasteiger charge is 2.18. The summed E-state index contributed by atoms with van der Waals surface area (Å²) in [4.78, 5) is 22.2. The van der Waals surface area contributed by atoms with Crippen molar-refractivity contribution in [2.75, 3.05) is 0 Å². The van der Waals surface area contributed by atoms with Crippen LogP contribution >= 0.6 is 0 Å². The first-order chi connectivity index (χ1) is 8.04. The summed E-state index contributed by atoms with van der Waals surface area (Å²) in [7, 11) is 0. The molecule has 17 heavy (non-hydrogen) atoms. The molecule has 1 aromatic rings. The quantitative estimate of drug-likeness (QED) is 0.815. The molecule has 0 bridgehead atoms. The average molecular weight is 239 g/mol. The van der Waals surface area contributed by atoms with Gasteiger partial charge in [-0.05, 0) is 18.1 Å². The van der Waals surface area contributed by atoms with Crippen molar-refractivity contribution in [1.29, 1.82) is 0 Å². The zero-order valence-corrected chi connectivity index (χ0v) is 9.44. The van der Waals surface area contributed by atoms with E-state index < -0.39 is 23.7 Å².